The van der Waals surface area contributed by atoms with E-state index in [1.165, 1.54) is 0 Å². The predicted octanol–water partition coefficient (Wildman–Crippen LogP) is 5.16. The first-order chi connectivity index (χ1) is 28.2. The number of β-lactam (4-membered cyclic amide) rings is 1. The van der Waals surface area contributed by atoms with Gasteiger partial charge in [0, 0.05) is 99.4 Å². The van der Waals surface area contributed by atoms with E-state index in [0.29, 0.717) is 41.5 Å². The van der Waals surface area contributed by atoms with E-state index in [1.807, 2.05) is 41.4 Å². The first-order valence-electron chi connectivity index (χ1n) is 20.9. The van der Waals surface area contributed by atoms with Gasteiger partial charge in [-0.05, 0) is 80.0 Å². The molecule has 58 heavy (non-hydrogen) atoms. The average Bonchev–Trinajstić information content (AvgIpc) is 4.01. The number of benzene rings is 2. The number of piperazine rings is 1. The third-order valence-corrected chi connectivity index (χ3v) is 13.9. The van der Waals surface area contributed by atoms with Crippen LogP contribution in [-0.4, -0.2) is 102 Å². The molecule has 7 heterocycles. The number of ether oxygens (including phenoxy) is 1. The molecule has 2 atom stereocenters. The fourth-order valence-electron chi connectivity index (χ4n) is 10.8. The molecule has 2 aromatic carbocycles. The number of carbonyl (C=O) groups is 4. The minimum Gasteiger partial charge on any atom is -0.496 e. The number of imide groups is 1. The Morgan fingerprint density at radius 1 is 0.897 bits per heavy atom. The third kappa shape index (κ3) is 6.01. The summed E-state index contributed by atoms with van der Waals surface area (Å²) in [6, 6.07) is 12.3. The summed E-state index contributed by atoms with van der Waals surface area (Å²) in [5, 5.41) is 3.24. The molecule has 4 saturated heterocycles. The van der Waals surface area contributed by atoms with Gasteiger partial charge in [-0.15, -0.1) is 0 Å². The number of H-pyrrole nitrogens is 1. The van der Waals surface area contributed by atoms with Gasteiger partial charge in [-0.2, -0.15) is 0 Å². The van der Waals surface area contributed by atoms with E-state index in [4.69, 9.17) is 4.74 Å². The van der Waals surface area contributed by atoms with Gasteiger partial charge in [0.1, 0.15) is 23.3 Å². The highest BCUT2D eigenvalue weighted by molar-refractivity contribution is 6.11. The molecule has 1 spiro atoms. The first-order valence-corrected chi connectivity index (χ1v) is 20.9. The topological polar surface area (TPSA) is 134 Å². The van der Waals surface area contributed by atoms with E-state index >= 15 is 4.39 Å². The number of hydrogen-bond acceptors (Lipinski definition) is 9. The minimum atomic E-state index is -0.616. The van der Waals surface area contributed by atoms with Crippen LogP contribution in [-0.2, 0) is 20.9 Å². The normalized spacial score (nSPS) is 23.9. The van der Waals surface area contributed by atoms with Crippen molar-refractivity contribution in [3.63, 3.8) is 0 Å². The Kier molecular flexibility index (Phi) is 9.14. The van der Waals surface area contributed by atoms with Crippen molar-refractivity contribution in [3.8, 4) is 5.75 Å². The van der Waals surface area contributed by atoms with Crippen molar-refractivity contribution in [3.05, 3.63) is 77.4 Å². The van der Waals surface area contributed by atoms with Crippen molar-refractivity contribution in [1.82, 2.24) is 25.1 Å². The number of methoxy groups -OCH3 is 1. The van der Waals surface area contributed by atoms with Gasteiger partial charge >= 0.3 is 0 Å². The predicted molar refractivity (Wildman–Crippen MR) is 216 cm³/mol. The van der Waals surface area contributed by atoms with Crippen LogP contribution in [0, 0.1) is 17.2 Å². The molecular weight excluding hydrogens is 740 g/mol. The van der Waals surface area contributed by atoms with E-state index in [9.17, 15) is 19.2 Å². The summed E-state index contributed by atoms with van der Waals surface area (Å²) in [6.45, 7) is 6.51. The van der Waals surface area contributed by atoms with Crippen LogP contribution in [0.4, 0.5) is 21.5 Å². The Bertz CT molecular complexity index is 2310. The molecule has 13 nitrogen and oxygen atoms in total. The second-order valence-electron chi connectivity index (χ2n) is 17.0. The van der Waals surface area contributed by atoms with E-state index in [0.717, 1.165) is 112 Å². The highest BCUT2D eigenvalue weighted by Gasteiger charge is 2.63. The first kappa shape index (κ1) is 36.8. The van der Waals surface area contributed by atoms with Crippen LogP contribution in [0.25, 0.3) is 11.0 Å². The number of anilines is 3. The lowest BCUT2D eigenvalue weighted by Gasteiger charge is -2.55. The second-order valence-corrected chi connectivity index (χ2v) is 17.0. The number of nitrogens with zero attached hydrogens (tertiary/aromatic N) is 6. The third-order valence-electron chi connectivity index (χ3n) is 13.9. The molecule has 0 bridgehead atoms. The van der Waals surface area contributed by atoms with Crippen LogP contribution in [0.2, 0.25) is 0 Å². The smallest absolute Gasteiger partial charge is 0.255 e. The lowest BCUT2D eigenvalue weighted by Crippen LogP contribution is -2.62. The fraction of sp³-hybridized carbons (Fsp3) is 0.477. The highest BCUT2D eigenvalue weighted by atomic mass is 19.1. The maximum absolute atomic E-state index is 16.4. The summed E-state index contributed by atoms with van der Waals surface area (Å²) in [4.78, 5) is 69.4. The van der Waals surface area contributed by atoms with Gasteiger partial charge in [0.05, 0.1) is 29.9 Å². The number of amides is 4. The van der Waals surface area contributed by atoms with Gasteiger partial charge in [-0.25, -0.2) is 9.37 Å². The number of pyridine rings is 1. The zero-order chi connectivity index (χ0) is 39.7. The van der Waals surface area contributed by atoms with Crippen LogP contribution < -0.4 is 24.8 Å². The molecule has 2 N–H and O–H groups in total. The van der Waals surface area contributed by atoms with Gasteiger partial charge in [0.15, 0.2) is 0 Å². The number of carbonyl (C=O) groups excluding carboxylic acids is 4. The number of aromatic nitrogens is 2. The molecule has 5 fully saturated rings. The summed E-state index contributed by atoms with van der Waals surface area (Å²) < 4.78 is 22.4. The number of halogens is 1. The number of hydrogen-bond donors (Lipinski definition) is 2. The maximum atomic E-state index is 16.4. The minimum absolute atomic E-state index is 0.0970. The maximum Gasteiger partial charge on any atom is 0.255 e. The summed E-state index contributed by atoms with van der Waals surface area (Å²) in [7, 11) is 1.64. The zero-order valence-electron chi connectivity index (χ0n) is 32.8. The standard InChI is InChI=1S/C44H49FN8O5/c1-58-37-24-36(33(45)23-32(37)39-44(12-2-3-13-44)43(57)53(39)34-9-15-47-40-31(34)8-14-46-40)51-16-10-27(11-17-51)25-49-18-20-50(21-19-49)29-4-5-30-28(22-29)26-52(42(30)56)35-6-7-38(54)48-41(35)55/h4-5,8-9,14-15,22-24,27,35,39H,2-3,6-7,10-13,16-21,25-26H2,1H3,(H,46,47)(H,48,54,55)/t35-,39-/m0/s1. The lowest BCUT2D eigenvalue weighted by molar-refractivity contribution is -0.140. The molecule has 4 amide bonds. The molecular formula is C44H49FN8O5. The number of aromatic amines is 1. The molecule has 302 valence electrons. The molecule has 1 aliphatic carbocycles. The molecule has 6 aliphatic rings. The summed E-state index contributed by atoms with van der Waals surface area (Å²) in [6.07, 6.45) is 9.60. The number of fused-ring (bicyclic) bond motifs is 2. The zero-order valence-corrected chi connectivity index (χ0v) is 32.8. The van der Waals surface area contributed by atoms with Crippen molar-refractivity contribution in [2.45, 2.75) is 70.0 Å². The van der Waals surface area contributed by atoms with Crippen molar-refractivity contribution in [1.29, 1.82) is 0 Å². The fourth-order valence-corrected chi connectivity index (χ4v) is 10.8. The Hall–Kier alpha value is -5.50. The highest BCUT2D eigenvalue weighted by Crippen LogP contribution is 2.62. The Labute approximate surface area is 336 Å². The number of rotatable bonds is 8. The SMILES string of the molecule is COc1cc(N2CCC(CN3CCN(c4ccc5c(c4)CN([C@H]4CCC(=O)NC4=O)C5=O)CC3)CC2)c(F)cc1[C@@H]1N(c2ccnc3[nH]ccc23)C(=O)C12CCCC2. The molecule has 4 aromatic rings. The van der Waals surface area contributed by atoms with Gasteiger partial charge in [-0.3, -0.25) is 29.4 Å². The second kappa shape index (κ2) is 14.4. The summed E-state index contributed by atoms with van der Waals surface area (Å²) >= 11 is 0. The van der Waals surface area contributed by atoms with E-state index < -0.39 is 17.4 Å². The molecule has 0 radical (unpaired) electrons. The molecule has 1 saturated carbocycles. The summed E-state index contributed by atoms with van der Waals surface area (Å²) in [5.74, 6) is 0.115. The van der Waals surface area contributed by atoms with Crippen LogP contribution in [0.1, 0.15) is 78.9 Å². The number of piperidine rings is 2. The Balaban J connectivity index is 0.769. The van der Waals surface area contributed by atoms with Crippen LogP contribution >= 0.6 is 0 Å². The van der Waals surface area contributed by atoms with Crippen LogP contribution in [0.3, 0.4) is 0 Å². The van der Waals surface area contributed by atoms with Gasteiger partial charge in [-0.1, -0.05) is 12.8 Å². The Morgan fingerprint density at radius 2 is 1.69 bits per heavy atom. The van der Waals surface area contributed by atoms with Gasteiger partial charge in [0.2, 0.25) is 17.7 Å². The van der Waals surface area contributed by atoms with E-state index in [2.05, 4.69) is 36.1 Å². The molecule has 14 heteroatoms. The quantitative estimate of drug-likeness (QED) is 0.184. The summed E-state index contributed by atoms with van der Waals surface area (Å²) in [5.41, 5.74) is 4.86. The van der Waals surface area contributed by atoms with E-state index in [1.54, 1.807) is 24.3 Å². The lowest BCUT2D eigenvalue weighted by atomic mass is 9.66. The van der Waals surface area contributed by atoms with Crippen molar-refractivity contribution >= 4 is 51.7 Å². The van der Waals surface area contributed by atoms with Crippen molar-refractivity contribution in [2.24, 2.45) is 11.3 Å². The van der Waals surface area contributed by atoms with Crippen LogP contribution in [0.15, 0.2) is 54.9 Å². The number of nitrogens with one attached hydrogen (secondary N) is 2. The molecule has 10 rings (SSSR count). The van der Waals surface area contributed by atoms with Gasteiger partial charge in [0.25, 0.3) is 5.91 Å². The largest absolute Gasteiger partial charge is 0.496 e. The monoisotopic (exact) mass is 788 g/mol. The van der Waals surface area contributed by atoms with Gasteiger partial charge < -0.3 is 29.3 Å². The van der Waals surface area contributed by atoms with Crippen molar-refractivity contribution in [2.75, 3.05) is 67.6 Å². The average molecular weight is 789 g/mol. The molecule has 0 unspecified atom stereocenters. The van der Waals surface area contributed by atoms with Crippen molar-refractivity contribution < 1.29 is 28.3 Å². The van der Waals surface area contributed by atoms with E-state index in [-0.39, 0.29) is 36.0 Å². The molecule has 2 aromatic heterocycles. The Morgan fingerprint density at radius 3 is 2.45 bits per heavy atom. The van der Waals surface area contributed by atoms with Crippen LogP contribution in [0.5, 0.6) is 5.75 Å². The molecule has 5 aliphatic heterocycles.